The molecule has 0 aliphatic carbocycles. The Morgan fingerprint density at radius 3 is 2.56 bits per heavy atom. The van der Waals surface area contributed by atoms with Gasteiger partial charge in [0.05, 0.1) is 0 Å². The largest absolute Gasteiger partial charge is 0.385 e. The third kappa shape index (κ3) is 4.45. The number of ketones is 1. The molecule has 0 fully saturated rings. The molecule has 0 aliphatic rings. The number of methoxy groups -OCH3 is 1. The van der Waals surface area contributed by atoms with Crippen LogP contribution in [0.3, 0.4) is 0 Å². The molecule has 3 heteroatoms. The van der Waals surface area contributed by atoms with Crippen molar-refractivity contribution in [2.24, 2.45) is 5.92 Å². The molecule has 16 heavy (non-hydrogen) atoms. The lowest BCUT2D eigenvalue weighted by molar-refractivity contribution is -0.122. The summed E-state index contributed by atoms with van der Waals surface area (Å²) in [6, 6.07) is 7.88. The summed E-state index contributed by atoms with van der Waals surface area (Å²) in [5, 5.41) is 0. The van der Waals surface area contributed by atoms with E-state index >= 15 is 0 Å². The Hall–Kier alpha value is -0.670. The van der Waals surface area contributed by atoms with Crippen molar-refractivity contribution in [3.05, 3.63) is 34.3 Å². The molecule has 0 aromatic heterocycles. The van der Waals surface area contributed by atoms with E-state index in [1.165, 1.54) is 0 Å². The van der Waals surface area contributed by atoms with Crippen molar-refractivity contribution in [2.45, 2.75) is 19.8 Å². The van der Waals surface area contributed by atoms with Gasteiger partial charge in [-0.2, -0.15) is 0 Å². The molecule has 0 aliphatic heterocycles. The minimum Gasteiger partial charge on any atom is -0.385 e. The summed E-state index contributed by atoms with van der Waals surface area (Å²) in [6.07, 6.45) is 1.31. The highest BCUT2D eigenvalue weighted by Crippen LogP contribution is 2.13. The highest BCUT2D eigenvalue weighted by Gasteiger charge is 2.12. The molecule has 2 nitrogen and oxygen atoms in total. The van der Waals surface area contributed by atoms with Crippen molar-refractivity contribution in [3.8, 4) is 0 Å². The van der Waals surface area contributed by atoms with Crippen LogP contribution in [-0.2, 0) is 16.0 Å². The fourth-order valence-electron chi connectivity index (χ4n) is 1.43. The van der Waals surface area contributed by atoms with Crippen LogP contribution >= 0.6 is 15.9 Å². The zero-order chi connectivity index (χ0) is 12.0. The molecule has 0 saturated carbocycles. The quantitative estimate of drug-likeness (QED) is 0.802. The molecular formula is C13H17BrO2. The van der Waals surface area contributed by atoms with Gasteiger partial charge in [-0.25, -0.2) is 0 Å². The van der Waals surface area contributed by atoms with Crippen LogP contribution in [0.25, 0.3) is 0 Å². The Morgan fingerprint density at radius 1 is 1.38 bits per heavy atom. The molecule has 88 valence electrons. The molecule has 0 amide bonds. The summed E-state index contributed by atoms with van der Waals surface area (Å²) in [7, 11) is 1.66. The van der Waals surface area contributed by atoms with Gasteiger partial charge < -0.3 is 4.74 Å². The van der Waals surface area contributed by atoms with Crippen LogP contribution in [0.2, 0.25) is 0 Å². The van der Waals surface area contributed by atoms with E-state index in [-0.39, 0.29) is 11.7 Å². The topological polar surface area (TPSA) is 26.3 Å². The first-order valence-corrected chi connectivity index (χ1v) is 6.19. The van der Waals surface area contributed by atoms with Gasteiger partial charge in [0.15, 0.2) is 0 Å². The van der Waals surface area contributed by atoms with Crippen molar-refractivity contribution in [1.82, 2.24) is 0 Å². The van der Waals surface area contributed by atoms with Crippen LogP contribution in [0.4, 0.5) is 0 Å². The number of halogens is 1. The van der Waals surface area contributed by atoms with Crippen LogP contribution in [-0.4, -0.2) is 19.5 Å². The number of carbonyl (C=O) groups is 1. The minimum absolute atomic E-state index is 0.0728. The van der Waals surface area contributed by atoms with Gasteiger partial charge in [0.2, 0.25) is 0 Å². The van der Waals surface area contributed by atoms with Gasteiger partial charge in [0.25, 0.3) is 0 Å². The summed E-state index contributed by atoms with van der Waals surface area (Å²) in [4.78, 5) is 11.8. The minimum atomic E-state index is 0.0728. The second kappa shape index (κ2) is 6.81. The maximum absolute atomic E-state index is 11.8. The fraction of sp³-hybridized carbons (Fsp3) is 0.462. The molecule has 0 radical (unpaired) electrons. The average molecular weight is 285 g/mol. The van der Waals surface area contributed by atoms with Crippen LogP contribution in [0.15, 0.2) is 28.7 Å². The van der Waals surface area contributed by atoms with Crippen molar-refractivity contribution < 1.29 is 9.53 Å². The predicted octanol–water partition coefficient (Wildman–Crippen LogP) is 3.23. The van der Waals surface area contributed by atoms with Gasteiger partial charge in [-0.15, -0.1) is 0 Å². The smallest absolute Gasteiger partial charge is 0.140 e. The van der Waals surface area contributed by atoms with E-state index in [2.05, 4.69) is 15.9 Å². The lowest BCUT2D eigenvalue weighted by Crippen LogP contribution is -2.15. The molecular weight excluding hydrogens is 268 g/mol. The van der Waals surface area contributed by atoms with E-state index in [0.717, 1.165) is 16.5 Å². The molecule has 1 aromatic carbocycles. The van der Waals surface area contributed by atoms with Crippen molar-refractivity contribution in [1.29, 1.82) is 0 Å². The first-order chi connectivity index (χ1) is 7.63. The van der Waals surface area contributed by atoms with Gasteiger partial charge in [0.1, 0.15) is 5.78 Å². The lowest BCUT2D eigenvalue weighted by Gasteiger charge is -2.09. The third-order valence-electron chi connectivity index (χ3n) is 2.60. The molecule has 0 N–H and O–H groups in total. The zero-order valence-corrected chi connectivity index (χ0v) is 11.3. The van der Waals surface area contributed by atoms with Crippen LogP contribution in [0, 0.1) is 5.92 Å². The Labute approximate surface area is 105 Å². The second-order valence-corrected chi connectivity index (χ2v) is 4.87. The number of hydrogen-bond acceptors (Lipinski definition) is 2. The van der Waals surface area contributed by atoms with Gasteiger partial charge in [-0.05, 0) is 24.1 Å². The van der Waals surface area contributed by atoms with E-state index in [1.807, 2.05) is 31.2 Å². The molecule has 1 aromatic rings. The Bertz CT molecular complexity index is 332. The maximum Gasteiger partial charge on any atom is 0.140 e. The highest BCUT2D eigenvalue weighted by atomic mass is 79.9. The summed E-state index contributed by atoms with van der Waals surface area (Å²) >= 11 is 3.37. The molecule has 1 atom stereocenters. The molecule has 0 heterocycles. The normalized spacial score (nSPS) is 12.4. The van der Waals surface area contributed by atoms with E-state index in [9.17, 15) is 4.79 Å². The van der Waals surface area contributed by atoms with Gasteiger partial charge >= 0.3 is 0 Å². The first kappa shape index (κ1) is 13.4. The number of Topliss-reactive ketones (excluding diaryl/α,β-unsaturated/α-hetero) is 1. The van der Waals surface area contributed by atoms with Crippen LogP contribution in [0.1, 0.15) is 18.9 Å². The Morgan fingerprint density at radius 2 is 2.00 bits per heavy atom. The predicted molar refractivity (Wildman–Crippen MR) is 68.5 cm³/mol. The van der Waals surface area contributed by atoms with Crippen molar-refractivity contribution >= 4 is 21.7 Å². The van der Waals surface area contributed by atoms with E-state index in [0.29, 0.717) is 13.0 Å². The number of rotatable bonds is 6. The molecule has 0 bridgehead atoms. The van der Waals surface area contributed by atoms with Gasteiger partial charge in [-0.1, -0.05) is 35.0 Å². The third-order valence-corrected chi connectivity index (χ3v) is 3.12. The van der Waals surface area contributed by atoms with Crippen molar-refractivity contribution in [2.75, 3.05) is 13.7 Å². The zero-order valence-electron chi connectivity index (χ0n) is 9.70. The summed E-state index contributed by atoms with van der Waals surface area (Å²) in [5.41, 5.74) is 1.07. The van der Waals surface area contributed by atoms with Crippen molar-refractivity contribution in [3.63, 3.8) is 0 Å². The summed E-state index contributed by atoms with van der Waals surface area (Å²) in [6.45, 7) is 2.60. The number of hydrogen-bond donors (Lipinski definition) is 0. The average Bonchev–Trinajstić information content (AvgIpc) is 2.29. The summed E-state index contributed by atoms with van der Waals surface area (Å²) in [5.74, 6) is 0.350. The number of benzene rings is 1. The van der Waals surface area contributed by atoms with Gasteiger partial charge in [0, 0.05) is 30.5 Å². The fourth-order valence-corrected chi connectivity index (χ4v) is 1.70. The van der Waals surface area contributed by atoms with E-state index in [1.54, 1.807) is 7.11 Å². The van der Waals surface area contributed by atoms with Crippen LogP contribution in [0.5, 0.6) is 0 Å². The monoisotopic (exact) mass is 284 g/mol. The molecule has 0 spiro atoms. The first-order valence-electron chi connectivity index (χ1n) is 5.39. The lowest BCUT2D eigenvalue weighted by atomic mass is 9.97. The van der Waals surface area contributed by atoms with Crippen LogP contribution < -0.4 is 0 Å². The second-order valence-electron chi connectivity index (χ2n) is 3.95. The highest BCUT2D eigenvalue weighted by molar-refractivity contribution is 9.10. The number of ether oxygens (including phenoxy) is 1. The number of carbonyl (C=O) groups excluding carboxylic acids is 1. The molecule has 1 unspecified atom stereocenters. The standard InChI is InChI=1S/C13H17BrO2/c1-10(7-8-16-2)13(15)9-11-3-5-12(14)6-4-11/h3-6,10H,7-9H2,1-2H3. The van der Waals surface area contributed by atoms with E-state index in [4.69, 9.17) is 4.74 Å². The SMILES string of the molecule is COCCC(C)C(=O)Cc1ccc(Br)cc1. The molecule has 0 saturated heterocycles. The molecule has 1 rings (SSSR count). The van der Waals surface area contributed by atoms with E-state index < -0.39 is 0 Å². The Kier molecular flexibility index (Phi) is 5.71. The Balaban J connectivity index is 2.47. The summed E-state index contributed by atoms with van der Waals surface area (Å²) < 4.78 is 6.01. The maximum atomic E-state index is 11.8. The van der Waals surface area contributed by atoms with Gasteiger partial charge in [-0.3, -0.25) is 4.79 Å².